The zero-order chi connectivity index (χ0) is 8.57. The van der Waals surface area contributed by atoms with E-state index in [1.807, 2.05) is 0 Å². The second kappa shape index (κ2) is 12.1. The molecular formula is C6H10N2NaO2. The minimum absolute atomic E-state index is 0. The van der Waals surface area contributed by atoms with E-state index in [0.717, 1.165) is 12.2 Å². The summed E-state index contributed by atoms with van der Waals surface area (Å²) in [6.45, 7) is 6.17. The van der Waals surface area contributed by atoms with Crippen LogP contribution in [0.1, 0.15) is 0 Å². The number of nitrogens with two attached hydrogens (primary N) is 2. The van der Waals surface area contributed by atoms with E-state index in [0.29, 0.717) is 0 Å². The zero-order valence-electron chi connectivity index (χ0n) is 6.54. The normalized spacial score (nSPS) is 5.82. The van der Waals surface area contributed by atoms with E-state index in [1.165, 1.54) is 0 Å². The van der Waals surface area contributed by atoms with E-state index in [4.69, 9.17) is 0 Å². The molecule has 0 rings (SSSR count). The molecule has 0 aliphatic heterocycles. The molecule has 5 heteroatoms. The summed E-state index contributed by atoms with van der Waals surface area (Å²) in [6.07, 6.45) is 2.11. The van der Waals surface area contributed by atoms with Crippen LogP contribution in [-0.4, -0.2) is 41.4 Å². The molecule has 0 heterocycles. The third-order valence-corrected chi connectivity index (χ3v) is 0.402. The van der Waals surface area contributed by atoms with Crippen LogP contribution in [0.25, 0.3) is 0 Å². The number of amides is 2. The average Bonchev–Trinajstić information content (AvgIpc) is 1.89. The number of primary amides is 2. The summed E-state index contributed by atoms with van der Waals surface area (Å²) in [5, 5.41) is 0. The fourth-order valence-corrected chi connectivity index (χ4v) is 0. The number of hydrogen-bond acceptors (Lipinski definition) is 2. The van der Waals surface area contributed by atoms with Crippen LogP contribution in [0, 0.1) is 0 Å². The first-order valence-electron chi connectivity index (χ1n) is 2.38. The van der Waals surface area contributed by atoms with Crippen LogP contribution >= 0.6 is 0 Å². The minimum Gasteiger partial charge on any atom is -0.366 e. The van der Waals surface area contributed by atoms with Crippen LogP contribution in [0.4, 0.5) is 0 Å². The van der Waals surface area contributed by atoms with E-state index in [9.17, 15) is 9.59 Å². The van der Waals surface area contributed by atoms with Gasteiger partial charge in [-0.3, -0.25) is 9.59 Å². The number of hydrogen-bond donors (Lipinski definition) is 2. The molecule has 11 heavy (non-hydrogen) atoms. The van der Waals surface area contributed by atoms with Gasteiger partial charge in [0, 0.05) is 29.6 Å². The molecule has 0 aromatic rings. The summed E-state index contributed by atoms with van der Waals surface area (Å²) in [5.41, 5.74) is 9.07. The molecule has 0 saturated heterocycles. The van der Waals surface area contributed by atoms with Crippen LogP contribution in [-0.2, 0) is 9.59 Å². The Balaban J connectivity index is -0.000000107. The molecule has 0 spiro atoms. The quantitative estimate of drug-likeness (QED) is 0.403. The molecular weight excluding hydrogens is 155 g/mol. The van der Waals surface area contributed by atoms with Crippen molar-refractivity contribution >= 4 is 41.4 Å². The molecule has 0 unspecified atom stereocenters. The molecule has 4 N–H and O–H groups in total. The molecule has 0 aromatic heterocycles. The maximum Gasteiger partial charge on any atom is 0.240 e. The molecule has 1 radical (unpaired) electrons. The van der Waals surface area contributed by atoms with Crippen LogP contribution < -0.4 is 11.5 Å². The van der Waals surface area contributed by atoms with Crippen molar-refractivity contribution in [3.05, 3.63) is 25.3 Å². The van der Waals surface area contributed by atoms with Crippen LogP contribution in [0.5, 0.6) is 0 Å². The zero-order valence-corrected chi connectivity index (χ0v) is 8.54. The Kier molecular flexibility index (Phi) is 18.5. The van der Waals surface area contributed by atoms with Crippen molar-refractivity contribution in [3.63, 3.8) is 0 Å². The number of carbonyl (C=O) groups is 2. The van der Waals surface area contributed by atoms with Crippen molar-refractivity contribution in [2.45, 2.75) is 0 Å². The molecule has 0 aliphatic carbocycles. The van der Waals surface area contributed by atoms with Gasteiger partial charge in [0.1, 0.15) is 0 Å². The van der Waals surface area contributed by atoms with Crippen molar-refractivity contribution in [1.29, 1.82) is 0 Å². The Labute approximate surface area is 87.6 Å². The van der Waals surface area contributed by atoms with Crippen LogP contribution in [0.2, 0.25) is 0 Å². The van der Waals surface area contributed by atoms with Crippen LogP contribution in [0.15, 0.2) is 25.3 Å². The first kappa shape index (κ1) is 16.8. The molecule has 0 fully saturated rings. The van der Waals surface area contributed by atoms with E-state index >= 15 is 0 Å². The molecule has 0 bridgehead atoms. The number of rotatable bonds is 2. The van der Waals surface area contributed by atoms with Gasteiger partial charge in [0.15, 0.2) is 0 Å². The third kappa shape index (κ3) is 44.3. The van der Waals surface area contributed by atoms with Gasteiger partial charge in [-0.1, -0.05) is 13.2 Å². The maximum atomic E-state index is 9.47. The summed E-state index contributed by atoms with van der Waals surface area (Å²) < 4.78 is 0. The Bertz CT molecular complexity index is 139. The third-order valence-electron chi connectivity index (χ3n) is 0.402. The van der Waals surface area contributed by atoms with E-state index in [2.05, 4.69) is 24.6 Å². The summed E-state index contributed by atoms with van der Waals surface area (Å²) in [5.74, 6) is -0.963. The van der Waals surface area contributed by atoms with Gasteiger partial charge in [-0.05, 0) is 12.2 Å². The minimum atomic E-state index is -0.481. The van der Waals surface area contributed by atoms with E-state index < -0.39 is 11.8 Å². The largest absolute Gasteiger partial charge is 0.366 e. The molecule has 0 atom stereocenters. The van der Waals surface area contributed by atoms with Gasteiger partial charge >= 0.3 is 0 Å². The van der Waals surface area contributed by atoms with Gasteiger partial charge < -0.3 is 11.5 Å². The van der Waals surface area contributed by atoms with Crippen molar-refractivity contribution in [1.82, 2.24) is 0 Å². The van der Waals surface area contributed by atoms with Crippen molar-refractivity contribution in [3.8, 4) is 0 Å². The van der Waals surface area contributed by atoms with Gasteiger partial charge in [0.05, 0.1) is 0 Å². The standard InChI is InChI=1S/2C3H5NO.Na/c2*1-2-3(4)5;/h2*2H,1H2,(H2,4,5);. The summed E-state index contributed by atoms with van der Waals surface area (Å²) >= 11 is 0. The second-order valence-corrected chi connectivity index (χ2v) is 1.21. The molecule has 0 saturated carbocycles. The summed E-state index contributed by atoms with van der Waals surface area (Å²) in [7, 11) is 0. The van der Waals surface area contributed by atoms with Crippen molar-refractivity contribution < 1.29 is 9.59 Å². The van der Waals surface area contributed by atoms with Gasteiger partial charge in [0.25, 0.3) is 0 Å². The molecule has 2 amide bonds. The first-order chi connectivity index (χ1) is 4.54. The summed E-state index contributed by atoms with van der Waals surface area (Å²) in [6, 6.07) is 0. The van der Waals surface area contributed by atoms with E-state index in [1.54, 1.807) is 0 Å². The van der Waals surface area contributed by atoms with Gasteiger partial charge in [0.2, 0.25) is 11.8 Å². The Morgan fingerprint density at radius 3 is 1.09 bits per heavy atom. The van der Waals surface area contributed by atoms with E-state index in [-0.39, 0.29) is 29.6 Å². The Morgan fingerprint density at radius 1 is 1.00 bits per heavy atom. The molecule has 0 aromatic carbocycles. The number of carbonyl (C=O) groups excluding carboxylic acids is 2. The second-order valence-electron chi connectivity index (χ2n) is 1.21. The maximum absolute atomic E-state index is 9.47. The molecule has 4 nitrogen and oxygen atoms in total. The Hall–Kier alpha value is -0.580. The Morgan fingerprint density at radius 2 is 1.09 bits per heavy atom. The fourth-order valence-electron chi connectivity index (χ4n) is 0. The average molecular weight is 165 g/mol. The van der Waals surface area contributed by atoms with Crippen LogP contribution in [0.3, 0.4) is 0 Å². The first-order valence-corrected chi connectivity index (χ1v) is 2.38. The predicted molar refractivity (Wildman–Crippen MR) is 44.5 cm³/mol. The van der Waals surface area contributed by atoms with Crippen molar-refractivity contribution in [2.75, 3.05) is 0 Å². The summed E-state index contributed by atoms with van der Waals surface area (Å²) in [4.78, 5) is 18.9. The van der Waals surface area contributed by atoms with Gasteiger partial charge in [-0.15, -0.1) is 0 Å². The monoisotopic (exact) mass is 165 g/mol. The van der Waals surface area contributed by atoms with Gasteiger partial charge in [-0.25, -0.2) is 0 Å². The smallest absolute Gasteiger partial charge is 0.240 e. The topological polar surface area (TPSA) is 86.2 Å². The SMILES string of the molecule is C=CC(N)=O.C=CC(N)=O.[Na]. The predicted octanol–water partition coefficient (Wildman–Crippen LogP) is -1.07. The van der Waals surface area contributed by atoms with Gasteiger partial charge in [-0.2, -0.15) is 0 Å². The van der Waals surface area contributed by atoms with Crippen molar-refractivity contribution in [2.24, 2.45) is 11.5 Å². The molecule has 57 valence electrons. The molecule has 0 aliphatic rings. The fraction of sp³-hybridized carbons (Fsp3) is 0.